The van der Waals surface area contributed by atoms with Crippen molar-refractivity contribution in [3.63, 3.8) is 0 Å². The molecule has 0 heterocycles. The molecule has 0 aliphatic carbocycles. The summed E-state index contributed by atoms with van der Waals surface area (Å²) in [6.45, 7) is 0.201. The SMILES string of the molecule is CNC(=O)NCc1ccccc1F. The van der Waals surface area contributed by atoms with Crippen molar-refractivity contribution in [2.45, 2.75) is 6.54 Å². The number of halogens is 1. The molecular weight excluding hydrogens is 171 g/mol. The van der Waals surface area contributed by atoms with Crippen molar-refractivity contribution < 1.29 is 9.18 Å². The first-order valence-electron chi connectivity index (χ1n) is 3.93. The van der Waals surface area contributed by atoms with E-state index in [1.54, 1.807) is 18.2 Å². The van der Waals surface area contributed by atoms with Crippen molar-refractivity contribution in [2.24, 2.45) is 0 Å². The van der Waals surface area contributed by atoms with E-state index in [1.165, 1.54) is 13.1 Å². The van der Waals surface area contributed by atoms with E-state index in [4.69, 9.17) is 0 Å². The van der Waals surface area contributed by atoms with E-state index in [0.29, 0.717) is 5.56 Å². The highest BCUT2D eigenvalue weighted by Crippen LogP contribution is 2.04. The third-order valence-electron chi connectivity index (χ3n) is 1.62. The van der Waals surface area contributed by atoms with Crippen LogP contribution in [0.1, 0.15) is 5.56 Å². The standard InChI is InChI=1S/C9H11FN2O/c1-11-9(13)12-6-7-4-2-3-5-8(7)10/h2-5H,6H2,1H3,(H2,11,12,13). The maximum atomic E-state index is 13.0. The minimum atomic E-state index is -0.316. The average Bonchev–Trinajstić information content (AvgIpc) is 2.16. The van der Waals surface area contributed by atoms with E-state index >= 15 is 0 Å². The summed E-state index contributed by atoms with van der Waals surface area (Å²) in [5, 5.41) is 4.88. The van der Waals surface area contributed by atoms with Gasteiger partial charge in [-0.2, -0.15) is 0 Å². The highest BCUT2D eigenvalue weighted by Gasteiger charge is 2.01. The van der Waals surface area contributed by atoms with Gasteiger partial charge in [0.15, 0.2) is 0 Å². The molecule has 1 aromatic rings. The predicted octanol–water partition coefficient (Wildman–Crippen LogP) is 1.25. The van der Waals surface area contributed by atoms with Gasteiger partial charge < -0.3 is 10.6 Å². The Kier molecular flexibility index (Phi) is 3.25. The summed E-state index contributed by atoms with van der Waals surface area (Å²) in [6, 6.07) is 6.01. The molecule has 0 radical (unpaired) electrons. The van der Waals surface area contributed by atoms with Crippen molar-refractivity contribution in [3.05, 3.63) is 35.6 Å². The lowest BCUT2D eigenvalue weighted by Gasteiger charge is -2.04. The van der Waals surface area contributed by atoms with E-state index in [0.717, 1.165) is 0 Å². The van der Waals surface area contributed by atoms with Gasteiger partial charge >= 0.3 is 6.03 Å². The molecule has 2 N–H and O–H groups in total. The molecule has 13 heavy (non-hydrogen) atoms. The summed E-state index contributed by atoms with van der Waals surface area (Å²) < 4.78 is 13.0. The van der Waals surface area contributed by atoms with Crippen molar-refractivity contribution in [3.8, 4) is 0 Å². The summed E-state index contributed by atoms with van der Waals surface area (Å²) in [5.41, 5.74) is 0.478. The first kappa shape index (κ1) is 9.51. The Labute approximate surface area is 76.0 Å². The van der Waals surface area contributed by atoms with Gasteiger partial charge in [-0.3, -0.25) is 0 Å². The van der Waals surface area contributed by atoms with Crippen LogP contribution in [0.15, 0.2) is 24.3 Å². The van der Waals surface area contributed by atoms with Crippen LogP contribution in [0.3, 0.4) is 0 Å². The molecule has 0 fully saturated rings. The zero-order chi connectivity index (χ0) is 9.68. The molecule has 70 valence electrons. The fraction of sp³-hybridized carbons (Fsp3) is 0.222. The van der Waals surface area contributed by atoms with Crippen LogP contribution < -0.4 is 10.6 Å². The highest BCUT2D eigenvalue weighted by molar-refractivity contribution is 5.73. The Morgan fingerprint density at radius 2 is 2.15 bits per heavy atom. The molecule has 0 atom stereocenters. The van der Waals surface area contributed by atoms with Crippen LogP contribution >= 0.6 is 0 Å². The van der Waals surface area contributed by atoms with E-state index in [1.807, 2.05) is 0 Å². The zero-order valence-corrected chi connectivity index (χ0v) is 7.30. The first-order valence-corrected chi connectivity index (χ1v) is 3.93. The second-order valence-corrected chi connectivity index (χ2v) is 2.52. The Balaban J connectivity index is 2.54. The minimum Gasteiger partial charge on any atom is -0.341 e. The summed E-state index contributed by atoms with van der Waals surface area (Å²) in [5.74, 6) is -0.307. The molecule has 1 aromatic carbocycles. The third kappa shape index (κ3) is 2.74. The van der Waals surface area contributed by atoms with E-state index < -0.39 is 0 Å². The summed E-state index contributed by atoms with van der Waals surface area (Å²) in [6.07, 6.45) is 0. The molecule has 0 aromatic heterocycles. The monoisotopic (exact) mass is 182 g/mol. The Hall–Kier alpha value is -1.58. The van der Waals surface area contributed by atoms with Crippen LogP contribution in [-0.4, -0.2) is 13.1 Å². The molecule has 1 rings (SSSR count). The molecule has 4 heteroatoms. The number of rotatable bonds is 2. The quantitative estimate of drug-likeness (QED) is 0.710. The number of benzene rings is 1. The smallest absolute Gasteiger partial charge is 0.314 e. The van der Waals surface area contributed by atoms with Crippen molar-refractivity contribution in [1.29, 1.82) is 0 Å². The lowest BCUT2D eigenvalue weighted by molar-refractivity contribution is 0.242. The fourth-order valence-electron chi connectivity index (χ4n) is 0.906. The second kappa shape index (κ2) is 4.45. The lowest BCUT2D eigenvalue weighted by atomic mass is 10.2. The maximum Gasteiger partial charge on any atom is 0.314 e. The van der Waals surface area contributed by atoms with Crippen LogP contribution in [-0.2, 0) is 6.54 Å². The topological polar surface area (TPSA) is 41.1 Å². The molecule has 2 amide bonds. The fourth-order valence-corrected chi connectivity index (χ4v) is 0.906. The minimum absolute atomic E-state index is 0.201. The van der Waals surface area contributed by atoms with Gasteiger partial charge in [0.05, 0.1) is 0 Å². The van der Waals surface area contributed by atoms with Gasteiger partial charge in [-0.05, 0) is 6.07 Å². The normalized spacial score (nSPS) is 9.38. The van der Waals surface area contributed by atoms with Crippen molar-refractivity contribution in [2.75, 3.05) is 7.05 Å². The van der Waals surface area contributed by atoms with Crippen LogP contribution in [0.25, 0.3) is 0 Å². The van der Waals surface area contributed by atoms with Crippen LogP contribution in [0.5, 0.6) is 0 Å². The number of amides is 2. The molecule has 0 unspecified atom stereocenters. The predicted molar refractivity (Wildman–Crippen MR) is 47.7 cm³/mol. The van der Waals surface area contributed by atoms with Crippen molar-refractivity contribution in [1.82, 2.24) is 10.6 Å². The van der Waals surface area contributed by atoms with E-state index in [9.17, 15) is 9.18 Å². The molecular formula is C9H11FN2O. The molecule has 0 saturated heterocycles. The number of nitrogens with one attached hydrogen (secondary N) is 2. The maximum absolute atomic E-state index is 13.0. The number of hydrogen-bond donors (Lipinski definition) is 2. The average molecular weight is 182 g/mol. The Morgan fingerprint density at radius 3 is 2.77 bits per heavy atom. The van der Waals surface area contributed by atoms with E-state index in [-0.39, 0.29) is 18.4 Å². The van der Waals surface area contributed by atoms with Crippen molar-refractivity contribution >= 4 is 6.03 Å². The number of carbonyl (C=O) groups is 1. The molecule has 0 bridgehead atoms. The van der Waals surface area contributed by atoms with Gasteiger partial charge in [-0.25, -0.2) is 9.18 Å². The lowest BCUT2D eigenvalue weighted by Crippen LogP contribution is -2.32. The van der Waals surface area contributed by atoms with E-state index in [2.05, 4.69) is 10.6 Å². The van der Waals surface area contributed by atoms with Gasteiger partial charge in [0.1, 0.15) is 5.82 Å². The van der Waals surface area contributed by atoms with Crippen LogP contribution in [0.2, 0.25) is 0 Å². The number of carbonyl (C=O) groups excluding carboxylic acids is 1. The molecule has 0 aliphatic heterocycles. The van der Waals surface area contributed by atoms with Gasteiger partial charge in [0.25, 0.3) is 0 Å². The van der Waals surface area contributed by atoms with Gasteiger partial charge in [-0.1, -0.05) is 18.2 Å². The number of hydrogen-bond acceptors (Lipinski definition) is 1. The third-order valence-corrected chi connectivity index (χ3v) is 1.62. The molecule has 0 aliphatic rings. The highest BCUT2D eigenvalue weighted by atomic mass is 19.1. The number of urea groups is 1. The van der Waals surface area contributed by atoms with Crippen LogP contribution in [0.4, 0.5) is 9.18 Å². The summed E-state index contributed by atoms with van der Waals surface area (Å²) in [4.78, 5) is 10.8. The zero-order valence-electron chi connectivity index (χ0n) is 7.30. The van der Waals surface area contributed by atoms with Gasteiger partial charge in [0.2, 0.25) is 0 Å². The van der Waals surface area contributed by atoms with Gasteiger partial charge in [-0.15, -0.1) is 0 Å². The molecule has 0 spiro atoms. The Morgan fingerprint density at radius 1 is 1.46 bits per heavy atom. The largest absolute Gasteiger partial charge is 0.341 e. The molecule has 0 saturated carbocycles. The Bertz CT molecular complexity index is 301. The summed E-state index contributed by atoms with van der Waals surface area (Å²) in [7, 11) is 1.51. The van der Waals surface area contributed by atoms with Crippen LogP contribution in [0, 0.1) is 5.82 Å². The summed E-state index contributed by atoms with van der Waals surface area (Å²) >= 11 is 0. The van der Waals surface area contributed by atoms with Gasteiger partial charge in [0, 0.05) is 19.2 Å². The second-order valence-electron chi connectivity index (χ2n) is 2.52. The first-order chi connectivity index (χ1) is 6.24. The molecule has 3 nitrogen and oxygen atoms in total.